The van der Waals surface area contributed by atoms with E-state index in [0.29, 0.717) is 36.2 Å². The first kappa shape index (κ1) is 19.9. The lowest BCUT2D eigenvalue weighted by Gasteiger charge is -2.32. The maximum atomic E-state index is 13.0. The van der Waals surface area contributed by atoms with Crippen LogP contribution in [0.4, 0.5) is 4.39 Å². The smallest absolute Gasteiger partial charge is 0.278 e. The predicted octanol–water partition coefficient (Wildman–Crippen LogP) is 3.15. The van der Waals surface area contributed by atoms with Crippen molar-refractivity contribution in [3.8, 4) is 17.3 Å². The van der Waals surface area contributed by atoms with Crippen molar-refractivity contribution in [2.24, 2.45) is 0 Å². The van der Waals surface area contributed by atoms with Crippen molar-refractivity contribution >= 4 is 5.91 Å². The molecule has 30 heavy (non-hydrogen) atoms. The fraction of sp³-hybridized carbons (Fsp3) is 0.381. The standard InChI is InChI=1S/C21H22FN5O3/c1-13-11-24-18(12-23-13)20-25-19(26-30-20)15-7-9-27(10-8-15)21(28)14(2)29-17-5-3-16(22)4-6-17/h3-6,11-12,14-15H,7-10H2,1-2H3. The van der Waals surface area contributed by atoms with Crippen molar-refractivity contribution < 1.29 is 18.4 Å². The Morgan fingerprint density at radius 1 is 1.20 bits per heavy atom. The lowest BCUT2D eigenvalue weighted by molar-refractivity contribution is -0.139. The van der Waals surface area contributed by atoms with E-state index >= 15 is 0 Å². The first-order valence-corrected chi connectivity index (χ1v) is 9.83. The van der Waals surface area contributed by atoms with Gasteiger partial charge in [0, 0.05) is 25.2 Å². The molecule has 1 aromatic carbocycles. The molecular formula is C21H22FN5O3. The molecule has 1 unspecified atom stereocenters. The maximum absolute atomic E-state index is 13.0. The summed E-state index contributed by atoms with van der Waals surface area (Å²) in [6, 6.07) is 5.63. The number of hydrogen-bond donors (Lipinski definition) is 0. The number of carbonyl (C=O) groups is 1. The maximum Gasteiger partial charge on any atom is 0.278 e. The number of halogens is 1. The van der Waals surface area contributed by atoms with Gasteiger partial charge in [-0.05, 0) is 51.0 Å². The first-order chi connectivity index (χ1) is 14.5. The Kier molecular flexibility index (Phi) is 5.69. The van der Waals surface area contributed by atoms with Gasteiger partial charge in [-0.3, -0.25) is 9.78 Å². The molecule has 1 saturated heterocycles. The fourth-order valence-corrected chi connectivity index (χ4v) is 3.39. The van der Waals surface area contributed by atoms with Crippen LogP contribution in [0.5, 0.6) is 5.75 Å². The van der Waals surface area contributed by atoms with Gasteiger partial charge < -0.3 is 14.2 Å². The number of benzene rings is 1. The molecule has 1 fully saturated rings. The Labute approximate surface area is 173 Å². The third kappa shape index (κ3) is 4.45. The summed E-state index contributed by atoms with van der Waals surface area (Å²) in [5.74, 6) is 1.10. The lowest BCUT2D eigenvalue weighted by Crippen LogP contribution is -2.44. The summed E-state index contributed by atoms with van der Waals surface area (Å²) >= 11 is 0. The number of likely N-dealkylation sites (tertiary alicyclic amines) is 1. The molecule has 8 nitrogen and oxygen atoms in total. The Morgan fingerprint density at radius 2 is 1.93 bits per heavy atom. The average molecular weight is 411 g/mol. The van der Waals surface area contributed by atoms with Gasteiger partial charge in [0.05, 0.1) is 11.9 Å². The second-order valence-electron chi connectivity index (χ2n) is 7.31. The summed E-state index contributed by atoms with van der Waals surface area (Å²) in [4.78, 5) is 27.4. The largest absolute Gasteiger partial charge is 0.481 e. The SMILES string of the molecule is Cc1cnc(-c2nc(C3CCN(C(=O)C(C)Oc4ccc(F)cc4)CC3)no2)cn1. The number of piperidine rings is 1. The van der Waals surface area contributed by atoms with Gasteiger partial charge >= 0.3 is 0 Å². The second kappa shape index (κ2) is 8.56. The molecule has 1 aliphatic heterocycles. The summed E-state index contributed by atoms with van der Waals surface area (Å²) in [5.41, 5.74) is 1.35. The van der Waals surface area contributed by atoms with Crippen LogP contribution in [0.1, 0.15) is 37.2 Å². The van der Waals surface area contributed by atoms with E-state index in [-0.39, 0.29) is 17.6 Å². The molecule has 1 amide bonds. The third-order valence-corrected chi connectivity index (χ3v) is 5.09. The van der Waals surface area contributed by atoms with E-state index in [1.807, 2.05) is 6.92 Å². The van der Waals surface area contributed by atoms with Crippen molar-refractivity contribution in [2.45, 2.75) is 38.7 Å². The van der Waals surface area contributed by atoms with Gasteiger partial charge in [-0.15, -0.1) is 0 Å². The van der Waals surface area contributed by atoms with Crippen LogP contribution in [0.25, 0.3) is 11.6 Å². The van der Waals surface area contributed by atoms with Crippen LogP contribution in [-0.2, 0) is 4.79 Å². The van der Waals surface area contributed by atoms with Gasteiger partial charge in [-0.2, -0.15) is 4.98 Å². The van der Waals surface area contributed by atoms with Crippen molar-refractivity contribution in [3.63, 3.8) is 0 Å². The fourth-order valence-electron chi connectivity index (χ4n) is 3.39. The molecule has 3 heterocycles. The van der Waals surface area contributed by atoms with Crippen LogP contribution >= 0.6 is 0 Å². The molecule has 1 atom stereocenters. The van der Waals surface area contributed by atoms with Crippen LogP contribution in [0.15, 0.2) is 41.2 Å². The quantitative estimate of drug-likeness (QED) is 0.636. The average Bonchev–Trinajstić information content (AvgIpc) is 3.26. The van der Waals surface area contributed by atoms with E-state index in [4.69, 9.17) is 9.26 Å². The number of rotatable bonds is 5. The highest BCUT2D eigenvalue weighted by molar-refractivity contribution is 5.81. The molecule has 0 N–H and O–H groups in total. The van der Waals surface area contributed by atoms with Gasteiger partial charge in [-0.25, -0.2) is 9.37 Å². The summed E-state index contributed by atoms with van der Waals surface area (Å²) in [5, 5.41) is 4.09. The highest BCUT2D eigenvalue weighted by Gasteiger charge is 2.30. The van der Waals surface area contributed by atoms with Crippen molar-refractivity contribution in [1.82, 2.24) is 25.0 Å². The Bertz CT molecular complexity index is 998. The van der Waals surface area contributed by atoms with Crippen LogP contribution in [0.2, 0.25) is 0 Å². The van der Waals surface area contributed by atoms with E-state index in [0.717, 1.165) is 18.5 Å². The highest BCUT2D eigenvalue weighted by Crippen LogP contribution is 2.28. The number of aromatic nitrogens is 4. The van der Waals surface area contributed by atoms with Gasteiger partial charge in [-0.1, -0.05) is 5.16 Å². The van der Waals surface area contributed by atoms with E-state index in [1.54, 1.807) is 24.2 Å². The van der Waals surface area contributed by atoms with Gasteiger partial charge in [0.1, 0.15) is 17.3 Å². The van der Waals surface area contributed by atoms with Gasteiger partial charge in [0.25, 0.3) is 11.8 Å². The first-order valence-electron chi connectivity index (χ1n) is 9.83. The minimum absolute atomic E-state index is 0.0958. The number of aryl methyl sites for hydroxylation is 1. The number of amides is 1. The monoisotopic (exact) mass is 411 g/mol. The minimum atomic E-state index is -0.649. The Morgan fingerprint density at radius 3 is 2.60 bits per heavy atom. The van der Waals surface area contributed by atoms with Gasteiger partial charge in [0.15, 0.2) is 11.9 Å². The molecule has 0 aliphatic carbocycles. The molecular weight excluding hydrogens is 389 g/mol. The summed E-state index contributed by atoms with van der Waals surface area (Å²) in [6.45, 7) is 4.71. The van der Waals surface area contributed by atoms with Crippen LogP contribution < -0.4 is 4.74 Å². The third-order valence-electron chi connectivity index (χ3n) is 5.09. The van der Waals surface area contributed by atoms with Crippen molar-refractivity contribution in [3.05, 3.63) is 54.0 Å². The Hall–Kier alpha value is -3.36. The van der Waals surface area contributed by atoms with E-state index < -0.39 is 6.10 Å². The molecule has 0 radical (unpaired) electrons. The minimum Gasteiger partial charge on any atom is -0.481 e. The number of nitrogens with zero attached hydrogens (tertiary/aromatic N) is 5. The summed E-state index contributed by atoms with van der Waals surface area (Å²) < 4.78 is 24.0. The molecule has 3 aromatic rings. The lowest BCUT2D eigenvalue weighted by atomic mass is 9.96. The van der Waals surface area contributed by atoms with Crippen LogP contribution in [-0.4, -0.2) is 50.1 Å². The zero-order chi connectivity index (χ0) is 21.1. The molecule has 0 spiro atoms. The Balaban J connectivity index is 1.32. The van der Waals surface area contributed by atoms with Crippen molar-refractivity contribution in [2.75, 3.05) is 13.1 Å². The molecule has 0 bridgehead atoms. The zero-order valence-electron chi connectivity index (χ0n) is 16.8. The second-order valence-corrected chi connectivity index (χ2v) is 7.31. The summed E-state index contributed by atoms with van der Waals surface area (Å²) in [6.07, 6.45) is 4.07. The topological polar surface area (TPSA) is 94.2 Å². The number of hydrogen-bond acceptors (Lipinski definition) is 7. The highest BCUT2D eigenvalue weighted by atomic mass is 19.1. The molecule has 156 valence electrons. The summed E-state index contributed by atoms with van der Waals surface area (Å²) in [7, 11) is 0. The molecule has 9 heteroatoms. The van der Waals surface area contributed by atoms with Crippen LogP contribution in [0, 0.1) is 12.7 Å². The normalized spacial score (nSPS) is 15.8. The zero-order valence-corrected chi connectivity index (χ0v) is 16.8. The molecule has 4 rings (SSSR count). The van der Waals surface area contributed by atoms with Crippen molar-refractivity contribution in [1.29, 1.82) is 0 Å². The predicted molar refractivity (Wildman–Crippen MR) is 105 cm³/mol. The number of ether oxygens (including phenoxy) is 1. The van der Waals surface area contributed by atoms with E-state index in [2.05, 4.69) is 20.1 Å². The van der Waals surface area contributed by atoms with E-state index in [9.17, 15) is 9.18 Å². The molecule has 0 saturated carbocycles. The van der Waals surface area contributed by atoms with E-state index in [1.165, 1.54) is 24.3 Å². The van der Waals surface area contributed by atoms with Gasteiger partial charge in [0.2, 0.25) is 0 Å². The van der Waals surface area contributed by atoms with Crippen LogP contribution in [0.3, 0.4) is 0 Å². The number of carbonyl (C=O) groups excluding carboxylic acids is 1. The molecule has 2 aromatic heterocycles. The molecule has 1 aliphatic rings.